The molecule has 0 bridgehead atoms. The Labute approximate surface area is 433 Å². The van der Waals surface area contributed by atoms with Crippen molar-refractivity contribution in [3.63, 3.8) is 0 Å². The minimum Gasteiger partial charge on any atom is -0.545 e. The van der Waals surface area contributed by atoms with Crippen LogP contribution in [0.2, 0.25) is 0 Å². The molecule has 0 spiro atoms. The predicted molar refractivity (Wildman–Crippen MR) is 298 cm³/mol. The summed E-state index contributed by atoms with van der Waals surface area (Å²) in [6, 6.07) is 12.5. The SMILES string of the molecule is CCCCCC[N+](CCCCCC)(CCCCCC)CCCCCC.CCCCCC[N+](CCCCCC)(CCCCCC)CCCCCC.O=C([O-])c1ccc(Sc2ccc(C(=O)[O-])cc2)cc1. The molecule has 7 heteroatoms. The fourth-order valence-electron chi connectivity index (χ4n) is 9.79. The fraction of sp³-hybridized carbons (Fsp3) is 0.774. The van der Waals surface area contributed by atoms with Gasteiger partial charge < -0.3 is 28.8 Å². The number of quaternary nitrogens is 2. The van der Waals surface area contributed by atoms with Gasteiger partial charge in [0.25, 0.3) is 0 Å². The summed E-state index contributed by atoms with van der Waals surface area (Å²) < 4.78 is 2.92. The summed E-state index contributed by atoms with van der Waals surface area (Å²) in [7, 11) is 0. The highest BCUT2D eigenvalue weighted by Crippen LogP contribution is 2.28. The van der Waals surface area contributed by atoms with Gasteiger partial charge in [0.15, 0.2) is 0 Å². The van der Waals surface area contributed by atoms with Crippen molar-refractivity contribution >= 4 is 23.7 Å². The van der Waals surface area contributed by atoms with Gasteiger partial charge in [-0.25, -0.2) is 0 Å². The van der Waals surface area contributed by atoms with Gasteiger partial charge in [-0.2, -0.15) is 0 Å². The quantitative estimate of drug-likeness (QED) is 0.0488. The van der Waals surface area contributed by atoms with Crippen LogP contribution in [0.25, 0.3) is 0 Å². The first-order valence-electron chi connectivity index (χ1n) is 29.6. The Bertz CT molecular complexity index is 1220. The average molecular weight is 982 g/mol. The van der Waals surface area contributed by atoms with E-state index in [0.717, 1.165) is 9.79 Å². The van der Waals surface area contributed by atoms with Crippen molar-refractivity contribution in [2.45, 2.75) is 271 Å². The van der Waals surface area contributed by atoms with Crippen molar-refractivity contribution in [3.8, 4) is 0 Å². The molecule has 0 fully saturated rings. The van der Waals surface area contributed by atoms with Crippen LogP contribution in [0.5, 0.6) is 0 Å². The Hall–Kier alpha value is -2.35. The normalized spacial score (nSPS) is 11.5. The molecule has 69 heavy (non-hydrogen) atoms. The van der Waals surface area contributed by atoms with Gasteiger partial charge in [0.05, 0.1) is 64.3 Å². The number of nitrogens with zero attached hydrogens (tertiary/aromatic N) is 2. The van der Waals surface area contributed by atoms with Gasteiger partial charge in [0, 0.05) is 9.79 Å². The molecule has 0 aliphatic carbocycles. The number of carboxylic acids is 2. The number of hydrogen-bond donors (Lipinski definition) is 0. The van der Waals surface area contributed by atoms with Crippen molar-refractivity contribution in [2.24, 2.45) is 0 Å². The van der Waals surface area contributed by atoms with Gasteiger partial charge in [0.2, 0.25) is 0 Å². The number of rotatable bonds is 44. The highest BCUT2D eigenvalue weighted by molar-refractivity contribution is 7.99. The first-order chi connectivity index (χ1) is 33.5. The lowest BCUT2D eigenvalue weighted by Crippen LogP contribution is -2.50. The molecule has 0 saturated carbocycles. The van der Waals surface area contributed by atoms with Crippen LogP contribution in [0, 0.1) is 0 Å². The second-order valence-electron chi connectivity index (χ2n) is 20.7. The van der Waals surface area contributed by atoms with Crippen molar-refractivity contribution < 1.29 is 28.8 Å². The van der Waals surface area contributed by atoms with E-state index in [1.807, 2.05) is 0 Å². The number of carbonyl (C=O) groups excluding carboxylic acids is 2. The number of carbonyl (C=O) groups is 2. The Morgan fingerprint density at radius 3 is 0.623 bits per heavy atom. The first kappa shape index (κ1) is 66.7. The number of benzene rings is 2. The number of carboxylic acid groups (broad SMARTS) is 2. The molecule has 0 saturated heterocycles. The van der Waals surface area contributed by atoms with E-state index in [1.54, 1.807) is 24.3 Å². The van der Waals surface area contributed by atoms with Crippen LogP contribution >= 0.6 is 11.8 Å². The molecule has 0 aliphatic heterocycles. The summed E-state index contributed by atoms with van der Waals surface area (Å²) >= 11 is 1.40. The van der Waals surface area contributed by atoms with Crippen LogP contribution in [-0.4, -0.2) is 73.3 Å². The molecule has 0 aromatic heterocycles. The van der Waals surface area contributed by atoms with E-state index in [9.17, 15) is 19.8 Å². The maximum absolute atomic E-state index is 10.6. The Morgan fingerprint density at radius 2 is 0.478 bits per heavy atom. The molecule has 0 aliphatic rings. The minimum absolute atomic E-state index is 0.122. The summed E-state index contributed by atoms with van der Waals surface area (Å²) in [5.74, 6) is -2.43. The summed E-state index contributed by atoms with van der Waals surface area (Å²) in [4.78, 5) is 22.9. The van der Waals surface area contributed by atoms with Gasteiger partial charge in [-0.05, 0) is 138 Å². The molecule has 0 atom stereocenters. The molecule has 2 aromatic carbocycles. The smallest absolute Gasteiger partial charge is 0.0786 e. The van der Waals surface area contributed by atoms with E-state index < -0.39 is 11.9 Å². The standard InChI is InChI=1S/2C24H52N.C14H10O4S/c2*1-5-9-13-17-21-25(22-18-14-10-6-2,23-19-15-11-7-3)24-20-16-12-8-4;15-13(16)9-1-5-11(6-2-9)19-12-7-3-10(4-8-12)14(17)18/h2*5-24H2,1-4H3;1-8H,(H,15,16)(H,17,18)/q2*+1;/p-2. The van der Waals surface area contributed by atoms with Crippen molar-refractivity contribution in [1.29, 1.82) is 0 Å². The third-order valence-corrected chi connectivity index (χ3v) is 15.3. The molecule has 400 valence electrons. The number of hydrogen-bond acceptors (Lipinski definition) is 5. The molecule has 0 heterocycles. The van der Waals surface area contributed by atoms with Crippen LogP contribution in [0.1, 0.15) is 282 Å². The lowest BCUT2D eigenvalue weighted by atomic mass is 10.1. The molecule has 2 aromatic rings. The zero-order valence-electron chi connectivity index (χ0n) is 46.8. The van der Waals surface area contributed by atoms with E-state index in [1.165, 1.54) is 303 Å². The van der Waals surface area contributed by atoms with Gasteiger partial charge in [-0.3, -0.25) is 0 Å². The molecule has 6 nitrogen and oxygen atoms in total. The van der Waals surface area contributed by atoms with Crippen LogP contribution in [-0.2, 0) is 0 Å². The highest BCUT2D eigenvalue weighted by atomic mass is 32.2. The van der Waals surface area contributed by atoms with Crippen molar-refractivity contribution in [1.82, 2.24) is 0 Å². The third kappa shape index (κ3) is 36.3. The predicted octanol–water partition coefficient (Wildman–Crippen LogP) is 16.8. The van der Waals surface area contributed by atoms with E-state index in [-0.39, 0.29) is 11.1 Å². The van der Waals surface area contributed by atoms with Crippen LogP contribution in [0.4, 0.5) is 0 Å². The summed E-state index contributed by atoms with van der Waals surface area (Å²) in [5, 5.41) is 21.2. The zero-order valence-corrected chi connectivity index (χ0v) is 47.7. The van der Waals surface area contributed by atoms with E-state index in [2.05, 4.69) is 55.4 Å². The molecule has 0 radical (unpaired) electrons. The van der Waals surface area contributed by atoms with Gasteiger partial charge in [-0.1, -0.05) is 194 Å². The molecule has 0 N–H and O–H groups in total. The van der Waals surface area contributed by atoms with Crippen LogP contribution in [0.3, 0.4) is 0 Å². The second kappa shape index (κ2) is 46.7. The van der Waals surface area contributed by atoms with Crippen molar-refractivity contribution in [2.75, 3.05) is 52.4 Å². The summed E-state index contributed by atoms with van der Waals surface area (Å²) in [6.07, 6.45) is 45.7. The second-order valence-corrected chi connectivity index (χ2v) is 21.8. The molecule has 2 rings (SSSR count). The summed E-state index contributed by atoms with van der Waals surface area (Å²) in [6.45, 7) is 30.4. The third-order valence-electron chi connectivity index (χ3n) is 14.3. The van der Waals surface area contributed by atoms with Gasteiger partial charge >= 0.3 is 0 Å². The lowest BCUT2D eigenvalue weighted by molar-refractivity contribution is -0.929. The molecular weight excluding hydrogens is 869 g/mol. The highest BCUT2D eigenvalue weighted by Gasteiger charge is 2.27. The Balaban J connectivity index is 0.00000101. The van der Waals surface area contributed by atoms with Crippen LogP contribution < -0.4 is 10.2 Å². The van der Waals surface area contributed by atoms with Gasteiger partial charge in [-0.15, -0.1) is 0 Å². The monoisotopic (exact) mass is 981 g/mol. The minimum atomic E-state index is -1.21. The largest absolute Gasteiger partial charge is 0.545 e. The fourth-order valence-corrected chi connectivity index (χ4v) is 10.6. The van der Waals surface area contributed by atoms with E-state index in [4.69, 9.17) is 0 Å². The molecule has 0 unspecified atom stereocenters. The van der Waals surface area contributed by atoms with Gasteiger partial charge in [0.1, 0.15) is 0 Å². The number of aromatic carboxylic acids is 2. The summed E-state index contributed by atoms with van der Waals surface area (Å²) in [5.41, 5.74) is 0.244. The van der Waals surface area contributed by atoms with Crippen LogP contribution in [0.15, 0.2) is 58.3 Å². The molecule has 0 amide bonds. The van der Waals surface area contributed by atoms with E-state index >= 15 is 0 Å². The zero-order chi connectivity index (χ0) is 51.1. The first-order valence-corrected chi connectivity index (χ1v) is 30.4. The number of unbranched alkanes of at least 4 members (excludes halogenated alkanes) is 24. The van der Waals surface area contributed by atoms with Crippen molar-refractivity contribution in [3.05, 3.63) is 59.7 Å². The Morgan fingerprint density at radius 1 is 0.304 bits per heavy atom. The maximum Gasteiger partial charge on any atom is 0.0786 e. The average Bonchev–Trinajstić information content (AvgIpc) is 3.35. The lowest BCUT2D eigenvalue weighted by Gasteiger charge is -2.39. The topological polar surface area (TPSA) is 80.3 Å². The maximum atomic E-state index is 10.6. The molecular formula is C62H112N2O4S. The van der Waals surface area contributed by atoms with E-state index in [0.29, 0.717) is 0 Å². The Kier molecular flexibility index (Phi) is 45.1.